The van der Waals surface area contributed by atoms with Crippen LogP contribution in [0.2, 0.25) is 0 Å². The van der Waals surface area contributed by atoms with Gasteiger partial charge in [-0.3, -0.25) is 19.7 Å². The van der Waals surface area contributed by atoms with E-state index in [0.29, 0.717) is 0 Å². The molecule has 1 aromatic rings. The summed E-state index contributed by atoms with van der Waals surface area (Å²) in [5.74, 6) is -1.17. The van der Waals surface area contributed by atoms with E-state index in [1.54, 1.807) is 0 Å². The molecule has 6 nitrogen and oxygen atoms in total. The number of hydrogen-bond acceptors (Lipinski definition) is 5. The van der Waals surface area contributed by atoms with Gasteiger partial charge in [0.15, 0.2) is 11.2 Å². The molecule has 0 aliphatic carbocycles. The fraction of sp³-hybridized carbons (Fsp3) is 0.273. The minimum absolute atomic E-state index is 0.0907. The van der Waals surface area contributed by atoms with Crippen molar-refractivity contribution in [1.82, 2.24) is 0 Å². The second-order valence-corrected chi connectivity index (χ2v) is 3.91. The van der Waals surface area contributed by atoms with Crippen molar-refractivity contribution in [2.24, 2.45) is 0 Å². The Labute approximate surface area is 108 Å². The van der Waals surface area contributed by atoms with Crippen LogP contribution >= 0.6 is 11.6 Å². The Bertz CT molecular complexity index is 514. The monoisotopic (exact) mass is 271 g/mol. The number of ketones is 1. The predicted octanol–water partition coefficient (Wildman–Crippen LogP) is 2.25. The van der Waals surface area contributed by atoms with Gasteiger partial charge in [-0.1, -0.05) is 6.07 Å². The zero-order valence-corrected chi connectivity index (χ0v) is 10.4. The van der Waals surface area contributed by atoms with E-state index in [-0.39, 0.29) is 16.8 Å². The maximum absolute atomic E-state index is 11.3. The van der Waals surface area contributed by atoms with E-state index in [1.165, 1.54) is 26.2 Å². The summed E-state index contributed by atoms with van der Waals surface area (Å²) in [7, 11) is 1.18. The van der Waals surface area contributed by atoms with Crippen LogP contribution in [-0.2, 0) is 9.53 Å². The highest BCUT2D eigenvalue weighted by Crippen LogP contribution is 2.27. The van der Waals surface area contributed by atoms with Gasteiger partial charge < -0.3 is 4.74 Å². The number of nitro benzene ring substituents is 1. The van der Waals surface area contributed by atoms with E-state index in [2.05, 4.69) is 4.74 Å². The average molecular weight is 272 g/mol. The highest BCUT2D eigenvalue weighted by molar-refractivity contribution is 6.30. The molecule has 0 heterocycles. The van der Waals surface area contributed by atoms with Crippen molar-refractivity contribution in [3.63, 3.8) is 0 Å². The van der Waals surface area contributed by atoms with Crippen LogP contribution in [0, 0.1) is 10.1 Å². The lowest BCUT2D eigenvalue weighted by Crippen LogP contribution is -2.10. The molecule has 0 spiro atoms. The number of alkyl halides is 1. The lowest BCUT2D eigenvalue weighted by atomic mass is 10.0. The van der Waals surface area contributed by atoms with Gasteiger partial charge in [0.05, 0.1) is 17.6 Å². The number of carbonyl (C=O) groups is 2. The van der Waals surface area contributed by atoms with Crippen molar-refractivity contribution in [2.45, 2.75) is 12.3 Å². The number of ether oxygens (including phenoxy) is 1. The molecule has 0 aliphatic rings. The van der Waals surface area contributed by atoms with Crippen molar-refractivity contribution in [3.05, 3.63) is 39.4 Å². The van der Waals surface area contributed by atoms with Gasteiger partial charge >= 0.3 is 5.97 Å². The van der Waals surface area contributed by atoms with E-state index >= 15 is 0 Å². The van der Waals surface area contributed by atoms with Crippen molar-refractivity contribution in [1.29, 1.82) is 0 Å². The van der Waals surface area contributed by atoms with Crippen LogP contribution in [0.4, 0.5) is 5.69 Å². The van der Waals surface area contributed by atoms with E-state index in [9.17, 15) is 19.7 Å². The topological polar surface area (TPSA) is 86.5 Å². The number of carbonyl (C=O) groups excluding carboxylic acids is 2. The van der Waals surface area contributed by atoms with Crippen LogP contribution in [0.5, 0.6) is 0 Å². The third-order valence-corrected chi connectivity index (χ3v) is 2.73. The van der Waals surface area contributed by atoms with E-state index < -0.39 is 22.1 Å². The first-order chi connectivity index (χ1) is 8.38. The molecular weight excluding hydrogens is 262 g/mol. The maximum Gasteiger partial charge on any atom is 0.328 e. The van der Waals surface area contributed by atoms with Crippen molar-refractivity contribution >= 4 is 29.0 Å². The molecule has 0 radical (unpaired) electrons. The second kappa shape index (κ2) is 5.59. The lowest BCUT2D eigenvalue weighted by molar-refractivity contribution is -0.385. The van der Waals surface area contributed by atoms with Crippen LogP contribution < -0.4 is 0 Å². The SMILES string of the molecule is COC(=O)C(Cl)c1ccc([N+](=O)[O-])c(C(C)=O)c1. The molecule has 0 fully saturated rings. The maximum atomic E-state index is 11.3. The number of benzene rings is 1. The molecule has 1 rings (SSSR count). The number of methoxy groups -OCH3 is 1. The zero-order valence-electron chi connectivity index (χ0n) is 9.68. The average Bonchev–Trinajstić information content (AvgIpc) is 2.35. The number of esters is 1. The van der Waals surface area contributed by atoms with Gasteiger partial charge in [0.25, 0.3) is 5.69 Å². The summed E-state index contributed by atoms with van der Waals surface area (Å²) in [6, 6.07) is 3.69. The smallest absolute Gasteiger partial charge is 0.328 e. The molecule has 18 heavy (non-hydrogen) atoms. The number of nitro groups is 1. The molecule has 7 heteroatoms. The van der Waals surface area contributed by atoms with Gasteiger partial charge in [-0.15, -0.1) is 11.6 Å². The van der Waals surface area contributed by atoms with Crippen LogP contribution in [0.1, 0.15) is 28.2 Å². The summed E-state index contributed by atoms with van der Waals surface area (Å²) < 4.78 is 4.45. The number of halogens is 1. The number of rotatable bonds is 4. The summed E-state index contributed by atoms with van der Waals surface area (Å²) >= 11 is 5.81. The van der Waals surface area contributed by atoms with Crippen molar-refractivity contribution < 1.29 is 19.2 Å². The minimum atomic E-state index is -1.10. The normalized spacial score (nSPS) is 11.7. The molecule has 0 saturated carbocycles. The molecule has 0 aliphatic heterocycles. The first kappa shape index (κ1) is 14.1. The van der Waals surface area contributed by atoms with Crippen molar-refractivity contribution in [2.75, 3.05) is 7.11 Å². The van der Waals surface area contributed by atoms with Crippen LogP contribution in [0.15, 0.2) is 18.2 Å². The van der Waals surface area contributed by atoms with Crippen LogP contribution in [-0.4, -0.2) is 23.8 Å². The van der Waals surface area contributed by atoms with Gasteiger partial charge in [0, 0.05) is 6.07 Å². The summed E-state index contributed by atoms with van der Waals surface area (Å²) in [6.45, 7) is 1.20. The minimum Gasteiger partial charge on any atom is -0.468 e. The highest BCUT2D eigenvalue weighted by Gasteiger charge is 2.23. The first-order valence-corrected chi connectivity index (χ1v) is 5.33. The molecule has 1 atom stereocenters. The standard InChI is InChI=1S/C11H10ClNO5/c1-6(14)8-5-7(10(12)11(15)18-2)3-4-9(8)13(16)17/h3-5,10H,1-2H3. The number of hydrogen-bond donors (Lipinski definition) is 0. The Kier molecular flexibility index (Phi) is 4.38. The summed E-state index contributed by atoms with van der Waals surface area (Å²) in [5, 5.41) is 9.62. The molecule has 1 unspecified atom stereocenters. The fourth-order valence-corrected chi connectivity index (χ4v) is 1.62. The Morgan fingerprint density at radius 1 is 1.44 bits per heavy atom. The van der Waals surface area contributed by atoms with Crippen molar-refractivity contribution in [3.8, 4) is 0 Å². The molecule has 0 aromatic heterocycles. The largest absolute Gasteiger partial charge is 0.468 e. The highest BCUT2D eigenvalue weighted by atomic mass is 35.5. The molecule has 96 valence electrons. The van der Waals surface area contributed by atoms with E-state index in [4.69, 9.17) is 11.6 Å². The molecule has 0 amide bonds. The van der Waals surface area contributed by atoms with Gasteiger partial charge in [-0.05, 0) is 18.6 Å². The Morgan fingerprint density at radius 2 is 2.06 bits per heavy atom. The Morgan fingerprint density at radius 3 is 2.50 bits per heavy atom. The summed E-state index contributed by atoms with van der Waals surface area (Å²) in [6.07, 6.45) is 0. The fourth-order valence-electron chi connectivity index (χ4n) is 1.39. The van der Waals surface area contributed by atoms with Gasteiger partial charge in [0.1, 0.15) is 0 Å². The number of Topliss-reactive ketones (excluding diaryl/α,β-unsaturated/α-hetero) is 1. The lowest BCUT2D eigenvalue weighted by Gasteiger charge is -2.08. The number of nitrogens with zero attached hydrogens (tertiary/aromatic N) is 1. The second-order valence-electron chi connectivity index (χ2n) is 3.48. The molecule has 0 N–H and O–H groups in total. The zero-order chi connectivity index (χ0) is 13.9. The first-order valence-electron chi connectivity index (χ1n) is 4.89. The van der Waals surface area contributed by atoms with Gasteiger partial charge in [-0.2, -0.15) is 0 Å². The Balaban J connectivity index is 3.27. The van der Waals surface area contributed by atoms with Crippen LogP contribution in [0.3, 0.4) is 0 Å². The van der Waals surface area contributed by atoms with Gasteiger partial charge in [-0.25, -0.2) is 0 Å². The van der Waals surface area contributed by atoms with Crippen LogP contribution in [0.25, 0.3) is 0 Å². The third-order valence-electron chi connectivity index (χ3n) is 2.30. The van der Waals surface area contributed by atoms with E-state index in [0.717, 1.165) is 6.07 Å². The predicted molar refractivity (Wildman–Crippen MR) is 63.7 cm³/mol. The van der Waals surface area contributed by atoms with E-state index in [1.807, 2.05) is 0 Å². The Hall–Kier alpha value is -1.95. The molecule has 1 aromatic carbocycles. The molecule has 0 saturated heterocycles. The third kappa shape index (κ3) is 2.84. The summed E-state index contributed by atoms with van der Waals surface area (Å²) in [5.41, 5.74) is -0.133. The molecule has 0 bridgehead atoms. The van der Waals surface area contributed by atoms with Gasteiger partial charge in [0.2, 0.25) is 0 Å². The summed E-state index contributed by atoms with van der Waals surface area (Å²) in [4.78, 5) is 32.6. The molecular formula is C11H10ClNO5. The quantitative estimate of drug-likeness (QED) is 0.276.